The van der Waals surface area contributed by atoms with E-state index in [-0.39, 0.29) is 24.5 Å². The first kappa shape index (κ1) is 26.9. The van der Waals surface area contributed by atoms with Gasteiger partial charge in [0.2, 0.25) is 0 Å². The smallest absolute Gasteiger partial charge is 0.344 e. The minimum atomic E-state index is -0.634. The normalized spacial score (nSPS) is 15.4. The molecule has 37 heavy (non-hydrogen) atoms. The van der Waals surface area contributed by atoms with E-state index in [2.05, 4.69) is 20.9 Å². The Morgan fingerprint density at radius 3 is 2.54 bits per heavy atom. The summed E-state index contributed by atoms with van der Waals surface area (Å²) in [5.74, 6) is 0.194. The first-order chi connectivity index (χ1) is 17.9. The maximum atomic E-state index is 12.7. The molecule has 190 valence electrons. The minimum Gasteiger partial charge on any atom is -0.506 e. The second-order valence-corrected chi connectivity index (χ2v) is 10.0. The molecule has 0 spiro atoms. The maximum absolute atomic E-state index is 12.7. The van der Waals surface area contributed by atoms with E-state index in [1.807, 2.05) is 54.6 Å². The molecule has 0 saturated carbocycles. The summed E-state index contributed by atoms with van der Waals surface area (Å²) >= 11 is 11.0. The number of esters is 1. The van der Waals surface area contributed by atoms with Gasteiger partial charge in [-0.2, -0.15) is 0 Å². The molecule has 3 aromatic rings. The van der Waals surface area contributed by atoms with Crippen LogP contribution >= 0.6 is 39.3 Å². The third-order valence-corrected chi connectivity index (χ3v) is 7.34. The highest BCUT2D eigenvalue weighted by Crippen LogP contribution is 2.42. The average molecular weight is 601 g/mol. The predicted molar refractivity (Wildman–Crippen MR) is 152 cm³/mol. The fourth-order valence-electron chi connectivity index (χ4n) is 3.46. The van der Waals surface area contributed by atoms with E-state index < -0.39 is 5.97 Å². The van der Waals surface area contributed by atoms with Crippen LogP contribution in [0.2, 0.25) is 5.02 Å². The highest BCUT2D eigenvalue weighted by Gasteiger charge is 2.33. The van der Waals surface area contributed by atoms with E-state index in [9.17, 15) is 9.90 Å². The monoisotopic (exact) mass is 599 g/mol. The van der Waals surface area contributed by atoms with E-state index in [4.69, 9.17) is 25.8 Å². The molecule has 0 aliphatic carbocycles. The van der Waals surface area contributed by atoms with Crippen molar-refractivity contribution in [2.75, 3.05) is 13.7 Å². The summed E-state index contributed by atoms with van der Waals surface area (Å²) in [5, 5.41) is 12.0. The van der Waals surface area contributed by atoms with E-state index in [1.165, 1.54) is 11.8 Å². The number of hydrogen-bond acceptors (Lipinski definition) is 7. The van der Waals surface area contributed by atoms with E-state index >= 15 is 0 Å². The Morgan fingerprint density at radius 2 is 1.84 bits per heavy atom. The van der Waals surface area contributed by atoms with E-state index in [0.29, 0.717) is 42.2 Å². The van der Waals surface area contributed by atoms with Gasteiger partial charge in [0.25, 0.3) is 0 Å². The molecule has 0 radical (unpaired) electrons. The van der Waals surface area contributed by atoms with Gasteiger partial charge in [-0.3, -0.25) is 0 Å². The van der Waals surface area contributed by atoms with Crippen molar-refractivity contribution in [1.29, 1.82) is 0 Å². The molecule has 0 unspecified atom stereocenters. The van der Waals surface area contributed by atoms with Gasteiger partial charge in [0.15, 0.2) is 11.5 Å². The topological polar surface area (TPSA) is 77.4 Å². The summed E-state index contributed by atoms with van der Waals surface area (Å²) in [5.41, 5.74) is 2.25. The van der Waals surface area contributed by atoms with Gasteiger partial charge in [0.05, 0.1) is 24.3 Å². The number of rotatable bonds is 8. The first-order valence-corrected chi connectivity index (χ1v) is 13.3. The number of hydrogen-bond donors (Lipinski definition) is 1. The first-order valence-electron chi connectivity index (χ1n) is 11.3. The Morgan fingerprint density at radius 1 is 1.11 bits per heavy atom. The number of nitrogens with zero attached hydrogens (tertiary/aromatic N) is 1. The molecule has 0 amide bonds. The van der Waals surface area contributed by atoms with E-state index in [0.717, 1.165) is 5.56 Å². The van der Waals surface area contributed by atoms with Crippen LogP contribution in [0.5, 0.6) is 11.5 Å². The molecule has 1 aliphatic heterocycles. The summed E-state index contributed by atoms with van der Waals surface area (Å²) in [6, 6.07) is 20.2. The standard InChI is InChI=1S/C28H23BrClNO5S/c1-3-35-28(33)25-26(32)24(37-27(25)31-19-10-5-4-6-11-19)14-18-13-22(34-2)23(15-20(18)29)36-16-17-9-7-8-12-21(17)30/h4-15,32H,3,16H2,1-2H3/b24-14-,31-27?. The number of methoxy groups -OCH3 is 1. The zero-order valence-corrected chi connectivity index (χ0v) is 23.2. The van der Waals surface area contributed by atoms with Crippen LogP contribution in [-0.2, 0) is 16.1 Å². The highest BCUT2D eigenvalue weighted by atomic mass is 79.9. The van der Waals surface area contributed by atoms with Crippen LogP contribution < -0.4 is 9.47 Å². The highest BCUT2D eigenvalue weighted by molar-refractivity contribution is 9.10. The summed E-state index contributed by atoms with van der Waals surface area (Å²) in [7, 11) is 1.55. The van der Waals surface area contributed by atoms with Crippen molar-refractivity contribution >= 4 is 62.1 Å². The third kappa shape index (κ3) is 6.39. The van der Waals surface area contributed by atoms with Gasteiger partial charge in [-0.05, 0) is 48.9 Å². The van der Waals surface area contributed by atoms with Crippen molar-refractivity contribution in [1.82, 2.24) is 0 Å². The lowest BCUT2D eigenvalue weighted by Crippen LogP contribution is -2.12. The Balaban J connectivity index is 1.67. The number of halogens is 2. The number of thioether (sulfide) groups is 1. The molecule has 1 aliphatic rings. The zero-order valence-electron chi connectivity index (χ0n) is 20.0. The zero-order chi connectivity index (χ0) is 26.4. The van der Waals surface area contributed by atoms with Crippen LogP contribution in [0.25, 0.3) is 6.08 Å². The van der Waals surface area contributed by atoms with Crippen molar-refractivity contribution in [2.24, 2.45) is 4.99 Å². The molecular formula is C28H23BrClNO5S. The lowest BCUT2D eigenvalue weighted by atomic mass is 10.1. The van der Waals surface area contributed by atoms with Crippen LogP contribution in [0.3, 0.4) is 0 Å². The van der Waals surface area contributed by atoms with Gasteiger partial charge >= 0.3 is 5.97 Å². The van der Waals surface area contributed by atoms with Crippen LogP contribution in [0, 0.1) is 0 Å². The molecule has 0 fully saturated rings. The quantitative estimate of drug-likeness (QED) is 0.265. The molecule has 0 saturated heterocycles. The molecular weight excluding hydrogens is 578 g/mol. The second kappa shape index (κ2) is 12.4. The van der Waals surface area contributed by atoms with Gasteiger partial charge in [0.1, 0.15) is 23.0 Å². The maximum Gasteiger partial charge on any atom is 0.344 e. The molecule has 3 aromatic carbocycles. The Hall–Kier alpha value is -3.20. The Bertz CT molecular complexity index is 1400. The third-order valence-electron chi connectivity index (χ3n) is 5.27. The minimum absolute atomic E-state index is 0.0322. The number of ether oxygens (including phenoxy) is 3. The average Bonchev–Trinajstić information content (AvgIpc) is 3.19. The number of carbonyl (C=O) groups is 1. The number of aliphatic hydroxyl groups is 1. The Kier molecular flexibility index (Phi) is 8.97. The van der Waals surface area contributed by atoms with Gasteiger partial charge in [-0.1, -0.05) is 75.7 Å². The molecule has 9 heteroatoms. The van der Waals surface area contributed by atoms with Crippen LogP contribution in [0.15, 0.2) is 92.4 Å². The Labute approximate surface area is 232 Å². The number of aliphatic imine (C=N–C) groups is 1. The van der Waals surface area contributed by atoms with Crippen LogP contribution in [0.4, 0.5) is 5.69 Å². The fraction of sp³-hybridized carbons (Fsp3) is 0.143. The van der Waals surface area contributed by atoms with Crippen molar-refractivity contribution in [3.8, 4) is 11.5 Å². The van der Waals surface area contributed by atoms with Crippen molar-refractivity contribution < 1.29 is 24.1 Å². The number of aliphatic hydroxyl groups excluding tert-OH is 1. The largest absolute Gasteiger partial charge is 0.506 e. The van der Waals surface area contributed by atoms with Crippen molar-refractivity contribution in [2.45, 2.75) is 13.5 Å². The summed E-state index contributed by atoms with van der Waals surface area (Å²) in [4.78, 5) is 17.7. The summed E-state index contributed by atoms with van der Waals surface area (Å²) in [6.07, 6.45) is 1.75. The molecule has 6 nitrogen and oxygen atoms in total. The lowest BCUT2D eigenvalue weighted by molar-refractivity contribution is -0.138. The summed E-state index contributed by atoms with van der Waals surface area (Å²) in [6.45, 7) is 2.15. The predicted octanol–water partition coefficient (Wildman–Crippen LogP) is 7.88. The van der Waals surface area contributed by atoms with E-state index in [1.54, 1.807) is 32.2 Å². The molecule has 0 atom stereocenters. The fourth-order valence-corrected chi connectivity index (χ4v) is 5.11. The van der Waals surface area contributed by atoms with Gasteiger partial charge in [-0.15, -0.1) is 0 Å². The SMILES string of the molecule is CCOC(=O)C1=C(O)/C(=C/c2cc(OC)c(OCc3ccccc3Cl)cc2Br)SC1=Nc1ccccc1. The molecule has 1 heterocycles. The van der Waals surface area contributed by atoms with Crippen molar-refractivity contribution in [3.05, 3.63) is 104 Å². The lowest BCUT2D eigenvalue weighted by Gasteiger charge is -2.14. The van der Waals surface area contributed by atoms with Crippen LogP contribution in [0.1, 0.15) is 18.1 Å². The molecule has 4 rings (SSSR count). The molecule has 0 aromatic heterocycles. The van der Waals surface area contributed by atoms with Crippen LogP contribution in [-0.4, -0.2) is 29.8 Å². The second-order valence-electron chi connectivity index (χ2n) is 7.71. The van der Waals surface area contributed by atoms with Gasteiger partial charge in [-0.25, -0.2) is 9.79 Å². The molecule has 1 N–H and O–H groups in total. The number of benzene rings is 3. The van der Waals surface area contributed by atoms with Gasteiger partial charge < -0.3 is 19.3 Å². The number of para-hydroxylation sites is 1. The van der Waals surface area contributed by atoms with Gasteiger partial charge in [0, 0.05) is 15.1 Å². The van der Waals surface area contributed by atoms with Crippen molar-refractivity contribution in [3.63, 3.8) is 0 Å². The molecule has 0 bridgehead atoms. The number of carbonyl (C=O) groups excluding carboxylic acids is 1. The summed E-state index contributed by atoms with van der Waals surface area (Å²) < 4.78 is 17.4.